The highest BCUT2D eigenvalue weighted by molar-refractivity contribution is 6.35. The van der Waals surface area contributed by atoms with Gasteiger partial charge in [0.2, 0.25) is 11.8 Å². The van der Waals surface area contributed by atoms with E-state index < -0.39 is 22.9 Å². The molecule has 2 aliphatic heterocycles. The predicted molar refractivity (Wildman–Crippen MR) is 212 cm³/mol. The molecule has 4 amide bonds. The number of nitrogens with zero attached hydrogens (tertiary/aromatic N) is 2. The summed E-state index contributed by atoms with van der Waals surface area (Å²) in [4.78, 5) is 59.5. The molecular weight excluding hydrogens is 719 g/mol. The first-order valence-corrected chi connectivity index (χ1v) is 18.0. The smallest absolute Gasteiger partial charge is 0.257 e. The zero-order valence-electron chi connectivity index (χ0n) is 29.1. The molecule has 2 heterocycles. The van der Waals surface area contributed by atoms with E-state index in [1.54, 1.807) is 82.6 Å². The van der Waals surface area contributed by atoms with Crippen molar-refractivity contribution in [2.45, 2.75) is 24.9 Å². The Morgan fingerprint density at radius 3 is 1.19 bits per heavy atom. The van der Waals surface area contributed by atoms with Crippen molar-refractivity contribution in [1.29, 1.82) is 0 Å². The second-order valence-electron chi connectivity index (χ2n) is 13.2. The van der Waals surface area contributed by atoms with Crippen molar-refractivity contribution >= 4 is 69.6 Å². The molecule has 2 atom stereocenters. The lowest BCUT2D eigenvalue weighted by Gasteiger charge is -2.49. The van der Waals surface area contributed by atoms with E-state index in [1.165, 1.54) is 13.8 Å². The average Bonchev–Trinajstić information content (AvgIpc) is 3.59. The summed E-state index contributed by atoms with van der Waals surface area (Å²) in [5.74, 6) is -1.40. The number of amides is 4. The molecule has 0 bridgehead atoms. The predicted octanol–water partition coefficient (Wildman–Crippen LogP) is 9.42. The molecule has 0 fully saturated rings. The molecule has 8 rings (SSSR count). The van der Waals surface area contributed by atoms with Crippen molar-refractivity contribution in [3.63, 3.8) is 0 Å². The van der Waals surface area contributed by atoms with Crippen LogP contribution in [0.5, 0.6) is 0 Å². The molecule has 2 aliphatic rings. The minimum atomic E-state index is -1.42. The number of hydrogen-bond donors (Lipinski definition) is 2. The monoisotopic (exact) mass is 750 g/mol. The van der Waals surface area contributed by atoms with E-state index in [1.807, 2.05) is 72.8 Å². The van der Waals surface area contributed by atoms with E-state index in [2.05, 4.69) is 10.6 Å². The average molecular weight is 752 g/mol. The van der Waals surface area contributed by atoms with Crippen LogP contribution >= 0.6 is 23.2 Å². The fourth-order valence-corrected chi connectivity index (χ4v) is 8.80. The lowest BCUT2D eigenvalue weighted by Crippen LogP contribution is -2.62. The maximum absolute atomic E-state index is 14.4. The summed E-state index contributed by atoms with van der Waals surface area (Å²) in [6, 6.07) is 43.5. The third-order valence-corrected chi connectivity index (χ3v) is 10.9. The largest absolute Gasteiger partial charge is 0.322 e. The van der Waals surface area contributed by atoms with Gasteiger partial charge in [-0.1, -0.05) is 108 Å². The van der Waals surface area contributed by atoms with Crippen LogP contribution in [0.3, 0.4) is 0 Å². The van der Waals surface area contributed by atoms with Gasteiger partial charge in [0.1, 0.15) is 11.1 Å². The van der Waals surface area contributed by atoms with E-state index in [-0.39, 0.29) is 11.8 Å². The number of benzene rings is 6. The Balaban J connectivity index is 1.43. The standard InChI is InChI=1S/C44H32Cl2N4O4/c1-27(51)49-39-23-21-31(47-41(53)33-17-9-11-19-37(33)45)25-35(39)44(30-15-7-4-8-16-30)43(49,29-13-5-3-6-14-29)36-26-32(22-24-40(36)50(44)28(2)52)48-42(54)34-18-10-12-20-38(34)46/h3-26H,1-2H3,(H,47,53)(H,48,54)/t43-,44+. The number of anilines is 4. The first-order chi connectivity index (χ1) is 26.1. The number of nitrogens with one attached hydrogen (secondary N) is 2. The first-order valence-electron chi connectivity index (χ1n) is 17.2. The number of hydrogen-bond acceptors (Lipinski definition) is 4. The highest BCUT2D eigenvalue weighted by Gasteiger charge is 2.73. The van der Waals surface area contributed by atoms with Gasteiger partial charge in [-0.25, -0.2) is 0 Å². The Hall–Kier alpha value is -6.22. The summed E-state index contributed by atoms with van der Waals surface area (Å²) in [5.41, 5.74) is 2.41. The van der Waals surface area contributed by atoms with Crippen LogP contribution in [0.2, 0.25) is 10.0 Å². The minimum Gasteiger partial charge on any atom is -0.322 e. The highest BCUT2D eigenvalue weighted by atomic mass is 35.5. The summed E-state index contributed by atoms with van der Waals surface area (Å²) >= 11 is 12.8. The van der Waals surface area contributed by atoms with Gasteiger partial charge in [-0.05, 0) is 71.8 Å². The van der Waals surface area contributed by atoms with Gasteiger partial charge in [0, 0.05) is 36.3 Å². The van der Waals surface area contributed by atoms with Crippen LogP contribution in [0.25, 0.3) is 0 Å². The van der Waals surface area contributed by atoms with Gasteiger partial charge in [0.05, 0.1) is 32.5 Å². The third-order valence-electron chi connectivity index (χ3n) is 10.2. The topological polar surface area (TPSA) is 98.8 Å². The van der Waals surface area contributed by atoms with Crippen molar-refractivity contribution in [3.05, 3.63) is 189 Å². The molecule has 0 saturated heterocycles. The zero-order valence-corrected chi connectivity index (χ0v) is 30.7. The zero-order chi connectivity index (χ0) is 37.8. The Labute approximate surface area is 321 Å². The van der Waals surface area contributed by atoms with Crippen molar-refractivity contribution in [3.8, 4) is 0 Å². The quantitative estimate of drug-likeness (QED) is 0.177. The SMILES string of the molecule is CC(=O)N1c2ccc(NC(=O)c3ccccc3Cl)cc2[C@]2(c3ccccc3)N(C(C)=O)c3ccc(NC(=O)c4ccccc4Cl)cc3[C@@]12c1ccccc1. The Morgan fingerprint density at radius 2 is 0.833 bits per heavy atom. The Bertz CT molecular complexity index is 2340. The molecule has 2 N–H and O–H groups in total. The van der Waals surface area contributed by atoms with Gasteiger partial charge >= 0.3 is 0 Å². The minimum absolute atomic E-state index is 0.285. The Morgan fingerprint density at radius 1 is 0.481 bits per heavy atom. The number of halogens is 2. The van der Waals surface area contributed by atoms with Crippen molar-refractivity contribution < 1.29 is 19.2 Å². The molecule has 10 heteroatoms. The summed E-state index contributed by atoms with van der Waals surface area (Å²) < 4.78 is 0. The van der Waals surface area contributed by atoms with Gasteiger partial charge in [0.25, 0.3) is 11.8 Å². The number of rotatable bonds is 6. The second kappa shape index (κ2) is 13.3. The molecular formula is C44H32Cl2N4O4. The maximum atomic E-state index is 14.4. The van der Waals surface area contributed by atoms with Gasteiger partial charge in [-0.15, -0.1) is 0 Å². The van der Waals surface area contributed by atoms with Gasteiger partial charge in [0.15, 0.2) is 0 Å². The van der Waals surface area contributed by atoms with Gasteiger partial charge < -0.3 is 10.6 Å². The van der Waals surface area contributed by atoms with Crippen LogP contribution in [-0.2, 0) is 20.7 Å². The molecule has 0 aromatic heterocycles. The molecule has 54 heavy (non-hydrogen) atoms. The normalized spacial score (nSPS) is 18.0. The fourth-order valence-electron chi connectivity index (χ4n) is 8.36. The summed E-state index contributed by atoms with van der Waals surface area (Å²) in [6.45, 7) is 3.00. The van der Waals surface area contributed by atoms with Crippen LogP contribution in [0.1, 0.15) is 56.8 Å². The molecule has 266 valence electrons. The first kappa shape index (κ1) is 34.8. The Kier molecular flexibility index (Phi) is 8.60. The van der Waals surface area contributed by atoms with Gasteiger partial charge in [-0.2, -0.15) is 0 Å². The lowest BCUT2D eigenvalue weighted by atomic mass is 9.65. The van der Waals surface area contributed by atoms with E-state index in [9.17, 15) is 19.2 Å². The van der Waals surface area contributed by atoms with E-state index in [0.29, 0.717) is 55.0 Å². The fraction of sp³-hybridized carbons (Fsp3) is 0.0909. The lowest BCUT2D eigenvalue weighted by molar-refractivity contribution is -0.119. The number of carbonyl (C=O) groups excluding carboxylic acids is 4. The summed E-state index contributed by atoms with van der Waals surface area (Å²) in [6.07, 6.45) is 0. The van der Waals surface area contributed by atoms with Crippen LogP contribution < -0.4 is 20.4 Å². The molecule has 0 spiro atoms. The molecule has 6 aromatic carbocycles. The number of carbonyl (C=O) groups is 4. The molecule has 0 unspecified atom stereocenters. The highest BCUT2D eigenvalue weighted by Crippen LogP contribution is 2.70. The van der Waals surface area contributed by atoms with E-state index in [4.69, 9.17) is 23.2 Å². The molecule has 8 nitrogen and oxygen atoms in total. The molecule has 6 aromatic rings. The van der Waals surface area contributed by atoms with Crippen LogP contribution in [-0.4, -0.2) is 23.6 Å². The van der Waals surface area contributed by atoms with Crippen molar-refractivity contribution in [2.75, 3.05) is 20.4 Å². The van der Waals surface area contributed by atoms with Crippen LogP contribution in [0, 0.1) is 0 Å². The summed E-state index contributed by atoms with van der Waals surface area (Å²) in [5, 5.41) is 6.60. The second-order valence-corrected chi connectivity index (χ2v) is 14.0. The van der Waals surface area contributed by atoms with Crippen LogP contribution in [0.4, 0.5) is 22.7 Å². The third kappa shape index (κ3) is 5.05. The maximum Gasteiger partial charge on any atom is 0.257 e. The van der Waals surface area contributed by atoms with Crippen LogP contribution in [0.15, 0.2) is 146 Å². The summed E-state index contributed by atoms with van der Waals surface area (Å²) in [7, 11) is 0. The van der Waals surface area contributed by atoms with Crippen molar-refractivity contribution in [2.24, 2.45) is 0 Å². The molecule has 0 radical (unpaired) electrons. The van der Waals surface area contributed by atoms with E-state index in [0.717, 1.165) is 11.1 Å². The molecule has 0 saturated carbocycles. The number of fused-ring (bicyclic) bond motifs is 5. The van der Waals surface area contributed by atoms with E-state index >= 15 is 0 Å². The molecule has 0 aliphatic carbocycles. The van der Waals surface area contributed by atoms with Crippen molar-refractivity contribution in [1.82, 2.24) is 0 Å². The van der Waals surface area contributed by atoms with Gasteiger partial charge in [-0.3, -0.25) is 29.0 Å².